The van der Waals surface area contributed by atoms with Crippen molar-refractivity contribution in [2.75, 3.05) is 12.3 Å². The molecule has 3 atom stereocenters. The molecule has 1 aliphatic heterocycles. The minimum absolute atomic E-state index is 0.0440. The zero-order chi connectivity index (χ0) is 15.4. The molecule has 1 aromatic rings. The number of aliphatic hydroxyl groups excluding tert-OH is 1. The van der Waals surface area contributed by atoms with Gasteiger partial charge in [0.15, 0.2) is 0 Å². The Bertz CT molecular complexity index is 531. The lowest BCUT2D eigenvalue weighted by Crippen LogP contribution is -2.29. The molecule has 7 nitrogen and oxygen atoms in total. The molecule has 0 amide bonds. The average molecular weight is 297 g/mol. The Morgan fingerprint density at radius 1 is 1.62 bits per heavy atom. The number of rotatable bonds is 6. The van der Waals surface area contributed by atoms with Crippen LogP contribution in [0.5, 0.6) is 0 Å². The molecule has 1 saturated heterocycles. The quantitative estimate of drug-likeness (QED) is 0.806. The van der Waals surface area contributed by atoms with Crippen LogP contribution in [0.4, 0.5) is 5.82 Å². The molecule has 0 aromatic carbocycles. The lowest BCUT2D eigenvalue weighted by molar-refractivity contribution is -0.0250. The maximum atomic E-state index is 12.0. The molecular weight excluding hydrogens is 274 g/mol. The van der Waals surface area contributed by atoms with E-state index >= 15 is 0 Å². The summed E-state index contributed by atoms with van der Waals surface area (Å²) in [5.74, 6) is 0.191. The number of nitrogen functional groups attached to an aromatic ring is 1. The third-order valence-electron chi connectivity index (χ3n) is 3.76. The van der Waals surface area contributed by atoms with Crippen molar-refractivity contribution in [2.24, 2.45) is 0 Å². The van der Waals surface area contributed by atoms with Gasteiger partial charge < -0.3 is 20.3 Å². The molecule has 0 spiro atoms. The lowest BCUT2D eigenvalue weighted by atomic mass is 10.2. The van der Waals surface area contributed by atoms with E-state index in [0.717, 1.165) is 12.8 Å². The van der Waals surface area contributed by atoms with Gasteiger partial charge in [-0.05, 0) is 26.2 Å². The van der Waals surface area contributed by atoms with E-state index in [4.69, 9.17) is 20.3 Å². The van der Waals surface area contributed by atoms with Gasteiger partial charge in [0.25, 0.3) is 0 Å². The lowest BCUT2D eigenvalue weighted by Gasteiger charge is -2.17. The first-order valence-electron chi connectivity index (χ1n) is 7.30. The summed E-state index contributed by atoms with van der Waals surface area (Å²) in [6, 6.07) is 0. The van der Waals surface area contributed by atoms with Crippen LogP contribution in [-0.4, -0.2) is 33.5 Å². The van der Waals surface area contributed by atoms with Gasteiger partial charge in [0.1, 0.15) is 12.0 Å². The van der Waals surface area contributed by atoms with Crippen LogP contribution in [-0.2, 0) is 16.1 Å². The first-order valence-corrected chi connectivity index (χ1v) is 7.30. The molecule has 0 bridgehead atoms. The Morgan fingerprint density at radius 2 is 2.38 bits per heavy atom. The molecule has 7 heteroatoms. The summed E-state index contributed by atoms with van der Waals surface area (Å²) in [5.41, 5.74) is 6.02. The highest BCUT2D eigenvalue weighted by Gasteiger charge is 2.27. The van der Waals surface area contributed by atoms with E-state index in [0.29, 0.717) is 18.6 Å². The Kier molecular flexibility index (Phi) is 5.33. The van der Waals surface area contributed by atoms with E-state index in [-0.39, 0.29) is 24.6 Å². The van der Waals surface area contributed by atoms with Crippen molar-refractivity contribution in [3.63, 3.8) is 0 Å². The zero-order valence-corrected chi connectivity index (χ0v) is 12.5. The third kappa shape index (κ3) is 3.81. The molecule has 0 saturated carbocycles. The predicted molar refractivity (Wildman–Crippen MR) is 77.7 cm³/mol. The van der Waals surface area contributed by atoms with Crippen LogP contribution in [0, 0.1) is 0 Å². The summed E-state index contributed by atoms with van der Waals surface area (Å²) in [4.78, 5) is 15.8. The molecule has 2 heterocycles. The smallest absolute Gasteiger partial charge is 0.351 e. The molecule has 21 heavy (non-hydrogen) atoms. The number of hydrogen-bond donors (Lipinski definition) is 2. The summed E-state index contributed by atoms with van der Waals surface area (Å²) in [7, 11) is 0. The van der Waals surface area contributed by atoms with Crippen molar-refractivity contribution in [2.45, 2.75) is 58.2 Å². The van der Waals surface area contributed by atoms with Crippen molar-refractivity contribution in [3.8, 4) is 0 Å². The fourth-order valence-electron chi connectivity index (χ4n) is 2.21. The molecule has 1 aromatic heterocycles. The minimum atomic E-state index is -0.441. The zero-order valence-electron chi connectivity index (χ0n) is 12.5. The summed E-state index contributed by atoms with van der Waals surface area (Å²) in [5, 5.41) is 9.10. The van der Waals surface area contributed by atoms with E-state index in [2.05, 4.69) is 4.98 Å². The van der Waals surface area contributed by atoms with Crippen LogP contribution >= 0.6 is 0 Å². The number of aromatic nitrogens is 2. The van der Waals surface area contributed by atoms with E-state index in [1.807, 2.05) is 13.8 Å². The highest BCUT2D eigenvalue weighted by molar-refractivity contribution is 5.36. The second-order valence-electron chi connectivity index (χ2n) is 5.34. The van der Waals surface area contributed by atoms with Crippen molar-refractivity contribution < 1.29 is 14.6 Å². The second-order valence-corrected chi connectivity index (χ2v) is 5.34. The molecule has 0 aliphatic carbocycles. The normalized spacial score (nSPS) is 23.4. The molecule has 1 aliphatic rings. The number of nitrogens with zero attached hydrogens (tertiary/aromatic N) is 2. The maximum Gasteiger partial charge on any atom is 0.351 e. The largest absolute Gasteiger partial charge is 0.394 e. The van der Waals surface area contributed by atoms with Crippen LogP contribution in [0.3, 0.4) is 0 Å². The summed E-state index contributed by atoms with van der Waals surface area (Å²) >= 11 is 0. The van der Waals surface area contributed by atoms with Crippen LogP contribution in [0.1, 0.15) is 44.9 Å². The van der Waals surface area contributed by atoms with Crippen LogP contribution in [0.2, 0.25) is 0 Å². The van der Waals surface area contributed by atoms with E-state index in [9.17, 15) is 4.79 Å². The van der Waals surface area contributed by atoms with Gasteiger partial charge in [0.2, 0.25) is 0 Å². The number of ether oxygens (including phenoxy) is 2. The number of hydrogen-bond acceptors (Lipinski definition) is 6. The second kappa shape index (κ2) is 7.02. The van der Waals surface area contributed by atoms with Crippen molar-refractivity contribution in [1.82, 2.24) is 9.55 Å². The highest BCUT2D eigenvalue weighted by Crippen LogP contribution is 2.27. The minimum Gasteiger partial charge on any atom is -0.394 e. The monoisotopic (exact) mass is 297 g/mol. The van der Waals surface area contributed by atoms with E-state index in [1.54, 1.807) is 6.20 Å². The van der Waals surface area contributed by atoms with Crippen LogP contribution in [0.25, 0.3) is 0 Å². The van der Waals surface area contributed by atoms with Crippen molar-refractivity contribution in [3.05, 3.63) is 22.2 Å². The van der Waals surface area contributed by atoms with Gasteiger partial charge in [-0.3, -0.25) is 4.57 Å². The van der Waals surface area contributed by atoms with Gasteiger partial charge in [-0.2, -0.15) is 4.98 Å². The summed E-state index contributed by atoms with van der Waals surface area (Å²) < 4.78 is 12.7. The number of anilines is 1. The first kappa shape index (κ1) is 15.9. The van der Waals surface area contributed by atoms with E-state index in [1.165, 1.54) is 4.57 Å². The summed E-state index contributed by atoms with van der Waals surface area (Å²) in [6.45, 7) is 4.28. The van der Waals surface area contributed by atoms with Gasteiger partial charge in [-0.15, -0.1) is 0 Å². The molecule has 2 rings (SSSR count). The molecule has 118 valence electrons. The Hall–Kier alpha value is -1.44. The predicted octanol–water partition coefficient (Wildman–Crippen LogP) is 0.810. The molecule has 1 unspecified atom stereocenters. The Balaban J connectivity index is 2.16. The maximum absolute atomic E-state index is 12.0. The highest BCUT2D eigenvalue weighted by atomic mass is 16.5. The van der Waals surface area contributed by atoms with Crippen molar-refractivity contribution in [1.29, 1.82) is 0 Å². The fourth-order valence-corrected chi connectivity index (χ4v) is 2.21. The molecule has 3 N–H and O–H groups in total. The van der Waals surface area contributed by atoms with Crippen molar-refractivity contribution >= 4 is 5.82 Å². The van der Waals surface area contributed by atoms with Crippen LogP contribution in [0.15, 0.2) is 11.0 Å². The average Bonchev–Trinajstić information content (AvgIpc) is 2.94. The van der Waals surface area contributed by atoms with Gasteiger partial charge >= 0.3 is 5.69 Å². The topological polar surface area (TPSA) is 99.6 Å². The number of nitrogens with two attached hydrogens (primary N) is 1. The SMILES string of the molecule is CCC(C)OCc1cn([C@H]2CC[C@@H](CO)O2)c(=O)nc1N. The van der Waals surface area contributed by atoms with E-state index < -0.39 is 11.9 Å². The van der Waals surface area contributed by atoms with Gasteiger partial charge in [-0.1, -0.05) is 6.92 Å². The van der Waals surface area contributed by atoms with Gasteiger partial charge in [0.05, 0.1) is 25.4 Å². The Labute approximate surface area is 123 Å². The standard InChI is InChI=1S/C14H23N3O4/c1-3-9(2)20-8-10-6-17(14(19)16-13(10)15)12-5-4-11(7-18)21-12/h6,9,11-12,18H,3-5,7-8H2,1-2H3,(H2,15,16,19)/t9?,11-,12+/m0/s1. The Morgan fingerprint density at radius 3 is 3.00 bits per heavy atom. The van der Waals surface area contributed by atoms with Gasteiger partial charge in [0, 0.05) is 11.8 Å². The first-order chi connectivity index (χ1) is 10.0. The molecular formula is C14H23N3O4. The third-order valence-corrected chi connectivity index (χ3v) is 3.76. The van der Waals surface area contributed by atoms with Crippen LogP contribution < -0.4 is 11.4 Å². The van der Waals surface area contributed by atoms with Gasteiger partial charge in [-0.25, -0.2) is 4.79 Å². The molecule has 0 radical (unpaired) electrons. The molecule has 1 fully saturated rings. The summed E-state index contributed by atoms with van der Waals surface area (Å²) in [6.07, 6.45) is 3.43. The number of aliphatic hydroxyl groups is 1. The fraction of sp³-hybridized carbons (Fsp3) is 0.714.